The number of amides is 1. The first-order chi connectivity index (χ1) is 9.49. The highest BCUT2D eigenvalue weighted by atomic mass is 35.5. The van der Waals surface area contributed by atoms with Gasteiger partial charge in [-0.05, 0) is 30.3 Å². The minimum atomic E-state index is -0.855. The van der Waals surface area contributed by atoms with Crippen LogP contribution in [-0.2, 0) is 0 Å². The third kappa shape index (κ3) is 3.11. The molecule has 3 nitrogen and oxygen atoms in total. The monoisotopic (exact) mass is 292 g/mol. The van der Waals surface area contributed by atoms with Crippen LogP contribution >= 0.6 is 11.6 Å². The number of benzene rings is 2. The van der Waals surface area contributed by atoms with Gasteiger partial charge in [0.25, 0.3) is 5.91 Å². The molecule has 0 heterocycles. The molecule has 0 bridgehead atoms. The van der Waals surface area contributed by atoms with Crippen molar-refractivity contribution in [1.82, 2.24) is 0 Å². The SMILES string of the molecule is N#Cc1ccc(Cl)c(NC(=O)c2cc(F)cc(F)c2)c1. The first kappa shape index (κ1) is 14.0. The van der Waals surface area contributed by atoms with Gasteiger partial charge in [-0.2, -0.15) is 5.26 Å². The molecule has 0 saturated heterocycles. The van der Waals surface area contributed by atoms with E-state index in [0.29, 0.717) is 11.6 Å². The number of nitriles is 1. The topological polar surface area (TPSA) is 52.9 Å². The van der Waals surface area contributed by atoms with Crippen molar-refractivity contribution in [2.75, 3.05) is 5.32 Å². The van der Waals surface area contributed by atoms with Crippen LogP contribution in [0.4, 0.5) is 14.5 Å². The Bertz CT molecular complexity index is 705. The Morgan fingerprint density at radius 3 is 2.40 bits per heavy atom. The third-order valence-electron chi connectivity index (χ3n) is 2.47. The standard InChI is InChI=1S/C14H7ClF2N2O/c15-12-2-1-8(7-18)3-13(12)19-14(20)9-4-10(16)6-11(17)5-9/h1-6H,(H,19,20). The van der Waals surface area contributed by atoms with Crippen LogP contribution in [0.1, 0.15) is 15.9 Å². The zero-order valence-electron chi connectivity index (χ0n) is 9.95. The number of anilines is 1. The Hall–Kier alpha value is -2.45. The van der Waals surface area contributed by atoms with Gasteiger partial charge >= 0.3 is 0 Å². The zero-order valence-corrected chi connectivity index (χ0v) is 10.7. The Morgan fingerprint density at radius 1 is 1.15 bits per heavy atom. The van der Waals surface area contributed by atoms with Crippen LogP contribution in [0, 0.1) is 23.0 Å². The van der Waals surface area contributed by atoms with Crippen molar-refractivity contribution in [3.05, 3.63) is 64.2 Å². The molecule has 0 aromatic heterocycles. The normalized spacial score (nSPS) is 9.90. The fourth-order valence-corrected chi connectivity index (χ4v) is 1.73. The second kappa shape index (κ2) is 5.68. The number of nitrogens with zero attached hydrogens (tertiary/aromatic N) is 1. The molecule has 0 fully saturated rings. The van der Waals surface area contributed by atoms with E-state index in [0.717, 1.165) is 12.1 Å². The molecule has 2 aromatic carbocycles. The van der Waals surface area contributed by atoms with E-state index in [4.69, 9.17) is 16.9 Å². The Kier molecular flexibility index (Phi) is 3.97. The van der Waals surface area contributed by atoms with Crippen LogP contribution in [-0.4, -0.2) is 5.91 Å². The largest absolute Gasteiger partial charge is 0.321 e. The van der Waals surface area contributed by atoms with Crippen molar-refractivity contribution in [2.24, 2.45) is 0 Å². The van der Waals surface area contributed by atoms with E-state index >= 15 is 0 Å². The molecule has 1 amide bonds. The van der Waals surface area contributed by atoms with E-state index in [2.05, 4.69) is 5.32 Å². The van der Waals surface area contributed by atoms with Gasteiger partial charge in [0.15, 0.2) is 0 Å². The molecule has 2 aromatic rings. The lowest BCUT2D eigenvalue weighted by atomic mass is 10.1. The number of carbonyl (C=O) groups excluding carboxylic acids is 1. The summed E-state index contributed by atoms with van der Waals surface area (Å²) >= 11 is 5.87. The predicted octanol–water partition coefficient (Wildman–Crippen LogP) is 3.74. The fourth-order valence-electron chi connectivity index (χ4n) is 1.57. The lowest BCUT2D eigenvalue weighted by Gasteiger charge is -2.08. The average molecular weight is 293 g/mol. The predicted molar refractivity (Wildman–Crippen MR) is 70.5 cm³/mol. The number of carbonyl (C=O) groups is 1. The van der Waals surface area contributed by atoms with Crippen LogP contribution in [0.15, 0.2) is 36.4 Å². The van der Waals surface area contributed by atoms with Crippen molar-refractivity contribution in [1.29, 1.82) is 5.26 Å². The minimum absolute atomic E-state index is 0.180. The molecule has 0 radical (unpaired) electrons. The van der Waals surface area contributed by atoms with E-state index in [9.17, 15) is 13.6 Å². The minimum Gasteiger partial charge on any atom is -0.321 e. The average Bonchev–Trinajstić information content (AvgIpc) is 2.40. The molecular weight excluding hydrogens is 286 g/mol. The second-order valence-corrected chi connectivity index (χ2v) is 4.33. The summed E-state index contributed by atoms with van der Waals surface area (Å²) in [6, 6.07) is 8.67. The summed E-state index contributed by atoms with van der Waals surface area (Å²) in [7, 11) is 0. The first-order valence-corrected chi connectivity index (χ1v) is 5.84. The van der Waals surface area contributed by atoms with Gasteiger partial charge in [0.2, 0.25) is 0 Å². The molecule has 1 N–H and O–H groups in total. The fraction of sp³-hybridized carbons (Fsp3) is 0. The Labute approximate surface area is 118 Å². The summed E-state index contributed by atoms with van der Waals surface area (Å²) < 4.78 is 26.1. The molecule has 0 aliphatic carbocycles. The van der Waals surface area contributed by atoms with E-state index < -0.39 is 17.5 Å². The van der Waals surface area contributed by atoms with E-state index in [-0.39, 0.29) is 16.3 Å². The van der Waals surface area contributed by atoms with Crippen LogP contribution < -0.4 is 5.32 Å². The maximum absolute atomic E-state index is 13.0. The van der Waals surface area contributed by atoms with Gasteiger partial charge in [-0.25, -0.2) is 8.78 Å². The first-order valence-electron chi connectivity index (χ1n) is 5.46. The summed E-state index contributed by atoms with van der Waals surface area (Å²) in [4.78, 5) is 11.9. The lowest BCUT2D eigenvalue weighted by Crippen LogP contribution is -2.13. The molecule has 20 heavy (non-hydrogen) atoms. The van der Waals surface area contributed by atoms with Crippen molar-refractivity contribution >= 4 is 23.2 Å². The van der Waals surface area contributed by atoms with E-state index in [1.165, 1.54) is 18.2 Å². The van der Waals surface area contributed by atoms with E-state index in [1.54, 1.807) is 0 Å². The van der Waals surface area contributed by atoms with Crippen molar-refractivity contribution < 1.29 is 13.6 Å². The van der Waals surface area contributed by atoms with Gasteiger partial charge in [0, 0.05) is 11.6 Å². The quantitative estimate of drug-likeness (QED) is 0.916. The van der Waals surface area contributed by atoms with Crippen molar-refractivity contribution in [2.45, 2.75) is 0 Å². The maximum atomic E-state index is 13.0. The molecule has 0 saturated carbocycles. The van der Waals surface area contributed by atoms with Gasteiger partial charge in [-0.3, -0.25) is 4.79 Å². The van der Waals surface area contributed by atoms with Crippen LogP contribution in [0.3, 0.4) is 0 Å². The third-order valence-corrected chi connectivity index (χ3v) is 2.80. The molecule has 0 aliphatic heterocycles. The molecule has 6 heteroatoms. The number of rotatable bonds is 2. The summed E-state index contributed by atoms with van der Waals surface area (Å²) in [6.07, 6.45) is 0. The summed E-state index contributed by atoms with van der Waals surface area (Å²) in [5.74, 6) is -2.43. The Morgan fingerprint density at radius 2 is 1.80 bits per heavy atom. The molecule has 0 unspecified atom stereocenters. The van der Waals surface area contributed by atoms with E-state index in [1.807, 2.05) is 6.07 Å². The van der Waals surface area contributed by atoms with Crippen LogP contribution in [0.5, 0.6) is 0 Å². The smallest absolute Gasteiger partial charge is 0.255 e. The van der Waals surface area contributed by atoms with Gasteiger partial charge in [-0.1, -0.05) is 11.6 Å². The number of halogens is 3. The van der Waals surface area contributed by atoms with Crippen molar-refractivity contribution in [3.8, 4) is 6.07 Å². The molecule has 2 rings (SSSR count). The summed E-state index contributed by atoms with van der Waals surface area (Å²) in [6.45, 7) is 0. The highest BCUT2D eigenvalue weighted by Crippen LogP contribution is 2.23. The maximum Gasteiger partial charge on any atom is 0.255 e. The zero-order chi connectivity index (χ0) is 14.7. The number of hydrogen-bond acceptors (Lipinski definition) is 2. The highest BCUT2D eigenvalue weighted by Gasteiger charge is 2.11. The van der Waals surface area contributed by atoms with Gasteiger partial charge in [0.05, 0.1) is 22.3 Å². The number of hydrogen-bond donors (Lipinski definition) is 1. The van der Waals surface area contributed by atoms with Crippen molar-refractivity contribution in [3.63, 3.8) is 0 Å². The second-order valence-electron chi connectivity index (χ2n) is 3.92. The van der Waals surface area contributed by atoms with Gasteiger partial charge in [-0.15, -0.1) is 0 Å². The van der Waals surface area contributed by atoms with Gasteiger partial charge < -0.3 is 5.32 Å². The van der Waals surface area contributed by atoms with Crippen LogP contribution in [0.25, 0.3) is 0 Å². The van der Waals surface area contributed by atoms with Crippen LogP contribution in [0.2, 0.25) is 5.02 Å². The lowest BCUT2D eigenvalue weighted by molar-refractivity contribution is 0.102. The number of nitrogens with one attached hydrogen (secondary N) is 1. The Balaban J connectivity index is 2.30. The molecule has 0 atom stereocenters. The molecular formula is C14H7ClF2N2O. The molecule has 0 spiro atoms. The molecule has 100 valence electrons. The summed E-state index contributed by atoms with van der Waals surface area (Å²) in [5.41, 5.74) is 0.316. The summed E-state index contributed by atoms with van der Waals surface area (Å²) in [5, 5.41) is 11.4. The van der Waals surface area contributed by atoms with Gasteiger partial charge in [0.1, 0.15) is 11.6 Å². The molecule has 0 aliphatic rings. The highest BCUT2D eigenvalue weighted by molar-refractivity contribution is 6.34.